The Labute approximate surface area is 83.5 Å². The van der Waals surface area contributed by atoms with Crippen LogP contribution in [0.15, 0.2) is 0 Å². The Bertz CT molecular complexity index is 314. The van der Waals surface area contributed by atoms with Crippen LogP contribution in [0.1, 0.15) is 0 Å². The van der Waals surface area contributed by atoms with E-state index in [1.807, 2.05) is 0 Å². The van der Waals surface area contributed by atoms with Gasteiger partial charge in [0.2, 0.25) is 0 Å². The van der Waals surface area contributed by atoms with Crippen LogP contribution in [0.3, 0.4) is 0 Å². The van der Waals surface area contributed by atoms with E-state index in [1.54, 1.807) is 0 Å². The molecule has 15 heavy (non-hydrogen) atoms. The average molecular weight is 271 g/mol. The lowest BCUT2D eigenvalue weighted by Gasteiger charge is -2.05. The van der Waals surface area contributed by atoms with E-state index in [2.05, 4.69) is 9.32 Å². The van der Waals surface area contributed by atoms with Crippen LogP contribution in [0.2, 0.25) is 0 Å². The Hall–Kier alpha value is -0.670. The van der Waals surface area contributed by atoms with Crippen LogP contribution in [-0.4, -0.2) is 31.3 Å². The Balaban J connectivity index is 3.90. The summed E-state index contributed by atoms with van der Waals surface area (Å²) in [4.78, 5) is 12.5. The zero-order valence-corrected chi connectivity index (χ0v) is 8.67. The fraction of sp³-hybridized carbons (Fsp3) is 1.00. The predicted molar refractivity (Wildman–Crippen MR) is 42.2 cm³/mol. The van der Waals surface area contributed by atoms with Crippen LogP contribution in [0.5, 0.6) is 0 Å². The molecule has 0 amide bonds. The molecule has 0 saturated carbocycles. The topological polar surface area (TPSA) is 95.7 Å². The fourth-order valence-electron chi connectivity index (χ4n) is 0.413. The molecule has 1 atom stereocenters. The molecular formula is C3H5F3NO6PS. The summed E-state index contributed by atoms with van der Waals surface area (Å²) in [6.45, 7) is 0. The maximum Gasteiger partial charge on any atom is 0.392 e. The van der Waals surface area contributed by atoms with Gasteiger partial charge in [0.05, 0.1) is 11.7 Å². The highest BCUT2D eigenvalue weighted by Gasteiger charge is 2.28. The minimum absolute atomic E-state index is 0.986. The first kappa shape index (κ1) is 14.3. The number of nitrogens with zero attached hydrogens (tertiary/aromatic N) is 1. The van der Waals surface area contributed by atoms with E-state index in [0.717, 1.165) is 0 Å². The molecule has 0 aromatic rings. The van der Waals surface area contributed by atoms with E-state index >= 15 is 0 Å². The quantitative estimate of drug-likeness (QED) is 0.304. The van der Waals surface area contributed by atoms with Gasteiger partial charge in [0, 0.05) is 0 Å². The molecule has 0 spiro atoms. The Morgan fingerprint density at radius 2 is 1.93 bits per heavy atom. The molecular weight excluding hydrogens is 266 g/mol. The van der Waals surface area contributed by atoms with E-state index < -0.39 is 41.6 Å². The third-order valence-electron chi connectivity index (χ3n) is 0.799. The molecule has 0 radical (unpaired) electrons. The number of halogens is 3. The van der Waals surface area contributed by atoms with E-state index in [-0.39, 0.29) is 0 Å². The van der Waals surface area contributed by atoms with Crippen LogP contribution in [-0.2, 0) is 19.4 Å². The summed E-state index contributed by atoms with van der Waals surface area (Å²) in [5, 5.41) is 7.96. The molecule has 0 rings (SSSR count). The second kappa shape index (κ2) is 5.42. The SMILES string of the molecule is O=[N+]([O-])OOS(=O)(=O)CPCC(F)(F)F. The Morgan fingerprint density at radius 1 is 1.40 bits per heavy atom. The average Bonchev–Trinajstić information content (AvgIpc) is 1.98. The second-order valence-corrected chi connectivity index (χ2v) is 5.37. The molecule has 0 bridgehead atoms. The van der Waals surface area contributed by atoms with Crippen LogP contribution in [0, 0.1) is 10.1 Å². The third-order valence-corrected chi connectivity index (χ3v) is 3.95. The van der Waals surface area contributed by atoms with Crippen molar-refractivity contribution < 1.29 is 36.0 Å². The molecule has 0 saturated heterocycles. The molecule has 1 unspecified atom stereocenters. The largest absolute Gasteiger partial charge is 0.392 e. The van der Waals surface area contributed by atoms with Gasteiger partial charge < -0.3 is 0 Å². The molecule has 0 heterocycles. The van der Waals surface area contributed by atoms with Crippen molar-refractivity contribution in [1.82, 2.24) is 0 Å². The Morgan fingerprint density at radius 3 is 2.33 bits per heavy atom. The van der Waals surface area contributed by atoms with Crippen LogP contribution in [0.25, 0.3) is 0 Å². The lowest BCUT2D eigenvalue weighted by molar-refractivity contribution is -0.833. The Kier molecular flexibility index (Phi) is 5.18. The first-order valence-corrected chi connectivity index (χ1v) is 6.12. The lowest BCUT2D eigenvalue weighted by Crippen LogP contribution is -2.15. The maximum absolute atomic E-state index is 11.6. The molecule has 7 nitrogen and oxygen atoms in total. The first-order valence-electron chi connectivity index (χ1n) is 3.13. The molecule has 0 N–H and O–H groups in total. The van der Waals surface area contributed by atoms with Crippen molar-refractivity contribution >= 4 is 18.7 Å². The fourth-order valence-corrected chi connectivity index (χ4v) is 2.44. The predicted octanol–water partition coefficient (Wildman–Crippen LogP) is 0.654. The zero-order valence-electron chi connectivity index (χ0n) is 6.85. The van der Waals surface area contributed by atoms with E-state index in [0.29, 0.717) is 0 Å². The highest BCUT2D eigenvalue weighted by molar-refractivity contribution is 7.91. The summed E-state index contributed by atoms with van der Waals surface area (Å²) in [5.74, 6) is 0. The van der Waals surface area contributed by atoms with Gasteiger partial charge >= 0.3 is 11.3 Å². The van der Waals surface area contributed by atoms with E-state index in [4.69, 9.17) is 0 Å². The van der Waals surface area contributed by atoms with Gasteiger partial charge in [0.25, 0.3) is 10.1 Å². The summed E-state index contributed by atoms with van der Waals surface area (Å²) in [7, 11) is -5.45. The van der Waals surface area contributed by atoms with Crippen LogP contribution in [0.4, 0.5) is 13.2 Å². The van der Waals surface area contributed by atoms with E-state index in [9.17, 15) is 31.7 Å². The summed E-state index contributed by atoms with van der Waals surface area (Å²) >= 11 is 0. The molecule has 0 fully saturated rings. The lowest BCUT2D eigenvalue weighted by atomic mass is 10.8. The molecule has 12 heteroatoms. The van der Waals surface area contributed by atoms with Gasteiger partial charge in [0.1, 0.15) is 0 Å². The van der Waals surface area contributed by atoms with Gasteiger partial charge in [-0.2, -0.15) is 21.6 Å². The van der Waals surface area contributed by atoms with Gasteiger partial charge in [-0.05, 0) is 0 Å². The van der Waals surface area contributed by atoms with Crippen LogP contribution >= 0.6 is 8.58 Å². The molecule has 0 aromatic carbocycles. The van der Waals surface area contributed by atoms with Crippen molar-refractivity contribution in [1.29, 1.82) is 0 Å². The van der Waals surface area contributed by atoms with Gasteiger partial charge in [-0.25, -0.2) is 0 Å². The first-order chi connectivity index (χ1) is 6.62. The standard InChI is InChI=1S/C3H5F3NO6PS/c4-3(5,6)1-14-2-15(10,11)13-12-7(8)9/h14H,1-2H2. The highest BCUT2D eigenvalue weighted by atomic mass is 32.2. The molecule has 0 aliphatic rings. The van der Waals surface area contributed by atoms with Gasteiger partial charge in [0.15, 0.2) is 0 Å². The number of alkyl halides is 3. The molecule has 0 aromatic heterocycles. The van der Waals surface area contributed by atoms with Crippen molar-refractivity contribution in [3.8, 4) is 0 Å². The van der Waals surface area contributed by atoms with Crippen LogP contribution < -0.4 is 0 Å². The van der Waals surface area contributed by atoms with Gasteiger partial charge in [-0.1, -0.05) is 12.9 Å². The van der Waals surface area contributed by atoms with Crippen molar-refractivity contribution in [3.05, 3.63) is 10.1 Å². The molecule has 0 aliphatic carbocycles. The monoisotopic (exact) mass is 271 g/mol. The normalized spacial score (nSPS) is 13.3. The second-order valence-electron chi connectivity index (χ2n) is 2.11. The summed E-state index contributed by atoms with van der Waals surface area (Å²) in [6, 6.07) is 0. The number of hydrogen-bond donors (Lipinski definition) is 0. The summed E-state index contributed by atoms with van der Waals surface area (Å²) in [6.07, 6.45) is -5.77. The van der Waals surface area contributed by atoms with Crippen molar-refractivity contribution in [2.75, 3.05) is 11.7 Å². The minimum atomic E-state index is -4.47. The van der Waals surface area contributed by atoms with Gasteiger partial charge in [-0.3, -0.25) is 0 Å². The number of rotatable bonds is 6. The van der Waals surface area contributed by atoms with E-state index in [1.165, 1.54) is 0 Å². The smallest absolute Gasteiger partial charge is 0.197 e. The summed E-state index contributed by atoms with van der Waals surface area (Å²) in [5.41, 5.74) is -0.986. The highest BCUT2D eigenvalue weighted by Crippen LogP contribution is 2.26. The van der Waals surface area contributed by atoms with Gasteiger partial charge in [-0.15, -0.1) is 15.1 Å². The molecule has 90 valence electrons. The summed E-state index contributed by atoms with van der Waals surface area (Å²) < 4.78 is 59.3. The van der Waals surface area contributed by atoms with Crippen molar-refractivity contribution in [2.24, 2.45) is 0 Å². The molecule has 0 aliphatic heterocycles. The number of hydrogen-bond acceptors (Lipinski definition) is 6. The van der Waals surface area contributed by atoms with Crippen molar-refractivity contribution in [3.63, 3.8) is 0 Å². The van der Waals surface area contributed by atoms with Crippen molar-refractivity contribution in [2.45, 2.75) is 6.18 Å². The third kappa shape index (κ3) is 9.63. The zero-order chi connectivity index (χ0) is 12.1. The maximum atomic E-state index is 11.6. The minimum Gasteiger partial charge on any atom is -0.197 e.